The zero-order valence-electron chi connectivity index (χ0n) is 8.68. The number of carbonyl (C=O) groups is 1. The lowest BCUT2D eigenvalue weighted by atomic mass is 10.1. The van der Waals surface area contributed by atoms with Crippen molar-refractivity contribution in [2.75, 3.05) is 5.32 Å². The molecule has 1 aromatic rings. The number of carbonyl (C=O) groups excluding carboxylic acids is 1. The van der Waals surface area contributed by atoms with Crippen LogP contribution < -0.4 is 11.1 Å². The molecule has 0 aliphatic heterocycles. The van der Waals surface area contributed by atoms with E-state index >= 15 is 0 Å². The Morgan fingerprint density at radius 2 is 2.47 bits per heavy atom. The van der Waals surface area contributed by atoms with E-state index in [4.69, 9.17) is 5.73 Å². The van der Waals surface area contributed by atoms with E-state index in [1.54, 1.807) is 7.05 Å². The van der Waals surface area contributed by atoms with Crippen molar-refractivity contribution in [2.24, 2.45) is 18.7 Å². The fourth-order valence-electron chi connectivity index (χ4n) is 1.88. The van der Waals surface area contributed by atoms with Gasteiger partial charge in [0.2, 0.25) is 11.9 Å². The number of nitrogens with two attached hydrogens (primary N) is 1. The lowest BCUT2D eigenvalue weighted by Gasteiger charge is -2.09. The van der Waals surface area contributed by atoms with Gasteiger partial charge in [-0.1, -0.05) is 0 Å². The standard InChI is InChI=1S/C9H15N5O/c1-14-9(11-5-12-14)13-8(15)6-2-3-7(10)4-6/h5-7H,2-4,10H2,1H3,(H,11,12,13,15). The molecule has 82 valence electrons. The zero-order chi connectivity index (χ0) is 10.8. The highest BCUT2D eigenvalue weighted by atomic mass is 16.2. The van der Waals surface area contributed by atoms with Gasteiger partial charge < -0.3 is 5.73 Å². The van der Waals surface area contributed by atoms with Gasteiger partial charge in [0.25, 0.3) is 0 Å². The predicted molar refractivity (Wildman–Crippen MR) is 54.9 cm³/mol. The number of hydrogen-bond donors (Lipinski definition) is 2. The average Bonchev–Trinajstić information content (AvgIpc) is 2.77. The van der Waals surface area contributed by atoms with Gasteiger partial charge in [-0.2, -0.15) is 10.1 Å². The van der Waals surface area contributed by atoms with E-state index in [0.717, 1.165) is 19.3 Å². The van der Waals surface area contributed by atoms with E-state index < -0.39 is 0 Å². The molecule has 3 N–H and O–H groups in total. The Labute approximate surface area is 87.9 Å². The molecule has 6 heteroatoms. The number of amides is 1. The Morgan fingerprint density at radius 1 is 1.67 bits per heavy atom. The van der Waals surface area contributed by atoms with Gasteiger partial charge >= 0.3 is 0 Å². The van der Waals surface area contributed by atoms with Crippen molar-refractivity contribution in [1.29, 1.82) is 0 Å². The second-order valence-corrected chi connectivity index (χ2v) is 3.97. The molecule has 15 heavy (non-hydrogen) atoms. The molecule has 6 nitrogen and oxygen atoms in total. The monoisotopic (exact) mass is 209 g/mol. The first-order valence-electron chi connectivity index (χ1n) is 5.07. The quantitative estimate of drug-likeness (QED) is 0.711. The Balaban J connectivity index is 1.95. The lowest BCUT2D eigenvalue weighted by molar-refractivity contribution is -0.119. The molecule has 1 aliphatic rings. The van der Waals surface area contributed by atoms with Crippen LogP contribution in [0.3, 0.4) is 0 Å². The van der Waals surface area contributed by atoms with E-state index in [-0.39, 0.29) is 17.9 Å². The highest BCUT2D eigenvalue weighted by Crippen LogP contribution is 2.24. The highest BCUT2D eigenvalue weighted by molar-refractivity contribution is 5.91. The van der Waals surface area contributed by atoms with Gasteiger partial charge in [0.1, 0.15) is 6.33 Å². The SMILES string of the molecule is Cn1ncnc1NC(=O)C1CCC(N)C1. The third kappa shape index (κ3) is 2.15. The molecule has 1 amide bonds. The molecule has 1 aliphatic carbocycles. The van der Waals surface area contributed by atoms with Crippen molar-refractivity contribution in [3.8, 4) is 0 Å². The number of hydrogen-bond acceptors (Lipinski definition) is 4. The van der Waals surface area contributed by atoms with E-state index in [0.29, 0.717) is 5.95 Å². The van der Waals surface area contributed by atoms with Gasteiger partial charge in [0, 0.05) is 19.0 Å². The summed E-state index contributed by atoms with van der Waals surface area (Å²) in [5.74, 6) is 0.510. The first-order chi connectivity index (χ1) is 7.16. The molecule has 0 saturated heterocycles. The number of aromatic nitrogens is 3. The summed E-state index contributed by atoms with van der Waals surface area (Å²) in [4.78, 5) is 15.7. The molecular weight excluding hydrogens is 194 g/mol. The van der Waals surface area contributed by atoms with Gasteiger partial charge in [0.15, 0.2) is 0 Å². The number of aryl methyl sites for hydroxylation is 1. The number of anilines is 1. The summed E-state index contributed by atoms with van der Waals surface area (Å²) in [6.45, 7) is 0. The smallest absolute Gasteiger partial charge is 0.229 e. The molecule has 2 rings (SSSR count). The minimum Gasteiger partial charge on any atom is -0.328 e. The third-order valence-corrected chi connectivity index (χ3v) is 2.79. The molecule has 1 heterocycles. The fraction of sp³-hybridized carbons (Fsp3) is 0.667. The molecule has 1 fully saturated rings. The number of nitrogens with zero attached hydrogens (tertiary/aromatic N) is 3. The van der Waals surface area contributed by atoms with Gasteiger partial charge in [0.05, 0.1) is 0 Å². The van der Waals surface area contributed by atoms with E-state index in [1.165, 1.54) is 11.0 Å². The summed E-state index contributed by atoms with van der Waals surface area (Å²) >= 11 is 0. The summed E-state index contributed by atoms with van der Waals surface area (Å²) in [5, 5.41) is 6.62. The highest BCUT2D eigenvalue weighted by Gasteiger charge is 2.28. The topological polar surface area (TPSA) is 85.8 Å². The van der Waals surface area contributed by atoms with Gasteiger partial charge in [-0.3, -0.25) is 10.1 Å². The molecule has 0 spiro atoms. The minimum atomic E-state index is -0.000880. The van der Waals surface area contributed by atoms with Gasteiger partial charge in [-0.05, 0) is 19.3 Å². The zero-order valence-corrected chi connectivity index (χ0v) is 8.68. The summed E-state index contributed by atoms with van der Waals surface area (Å²) in [5.41, 5.74) is 5.75. The second kappa shape index (κ2) is 3.98. The minimum absolute atomic E-state index is 0.000880. The van der Waals surface area contributed by atoms with E-state index in [2.05, 4.69) is 15.4 Å². The van der Waals surface area contributed by atoms with Gasteiger partial charge in [-0.25, -0.2) is 4.68 Å². The van der Waals surface area contributed by atoms with Crippen LogP contribution in [0.1, 0.15) is 19.3 Å². The van der Waals surface area contributed by atoms with Crippen LogP contribution in [0.2, 0.25) is 0 Å². The van der Waals surface area contributed by atoms with Crippen LogP contribution in [0, 0.1) is 5.92 Å². The third-order valence-electron chi connectivity index (χ3n) is 2.79. The molecule has 0 bridgehead atoms. The Morgan fingerprint density at radius 3 is 3.00 bits per heavy atom. The Bertz CT molecular complexity index is 361. The van der Waals surface area contributed by atoms with E-state index in [1.807, 2.05) is 0 Å². The predicted octanol–water partition coefficient (Wildman–Crippen LogP) is -0.119. The Kier molecular flexibility index (Phi) is 2.68. The Hall–Kier alpha value is -1.43. The maximum atomic E-state index is 11.8. The molecule has 0 radical (unpaired) electrons. The van der Waals surface area contributed by atoms with Crippen LogP contribution in [0.25, 0.3) is 0 Å². The van der Waals surface area contributed by atoms with Crippen molar-refractivity contribution >= 4 is 11.9 Å². The average molecular weight is 209 g/mol. The maximum Gasteiger partial charge on any atom is 0.229 e. The lowest BCUT2D eigenvalue weighted by Crippen LogP contribution is -2.24. The molecular formula is C9H15N5O. The summed E-state index contributed by atoms with van der Waals surface area (Å²) in [6, 6.07) is 0.167. The molecule has 2 atom stereocenters. The van der Waals surface area contributed by atoms with Crippen molar-refractivity contribution in [1.82, 2.24) is 14.8 Å². The first-order valence-corrected chi connectivity index (χ1v) is 5.07. The molecule has 1 saturated carbocycles. The summed E-state index contributed by atoms with van der Waals surface area (Å²) in [6.07, 6.45) is 3.97. The first kappa shape index (κ1) is 10.1. The van der Waals surface area contributed by atoms with Crippen LogP contribution in [-0.4, -0.2) is 26.7 Å². The van der Waals surface area contributed by atoms with Crippen molar-refractivity contribution in [2.45, 2.75) is 25.3 Å². The van der Waals surface area contributed by atoms with Crippen molar-refractivity contribution in [3.63, 3.8) is 0 Å². The largest absolute Gasteiger partial charge is 0.328 e. The van der Waals surface area contributed by atoms with Crippen molar-refractivity contribution in [3.05, 3.63) is 6.33 Å². The van der Waals surface area contributed by atoms with Crippen LogP contribution in [0.5, 0.6) is 0 Å². The molecule has 2 unspecified atom stereocenters. The van der Waals surface area contributed by atoms with Crippen molar-refractivity contribution < 1.29 is 4.79 Å². The summed E-state index contributed by atoms with van der Waals surface area (Å²) < 4.78 is 1.53. The normalized spacial score (nSPS) is 25.5. The second-order valence-electron chi connectivity index (χ2n) is 3.97. The number of nitrogens with one attached hydrogen (secondary N) is 1. The van der Waals surface area contributed by atoms with E-state index in [9.17, 15) is 4.79 Å². The van der Waals surface area contributed by atoms with Crippen LogP contribution in [0.4, 0.5) is 5.95 Å². The molecule has 0 aromatic carbocycles. The van der Waals surface area contributed by atoms with Crippen LogP contribution in [0.15, 0.2) is 6.33 Å². The van der Waals surface area contributed by atoms with Crippen LogP contribution in [-0.2, 0) is 11.8 Å². The maximum absolute atomic E-state index is 11.8. The molecule has 1 aromatic heterocycles. The van der Waals surface area contributed by atoms with Crippen LogP contribution >= 0.6 is 0 Å². The summed E-state index contributed by atoms with van der Waals surface area (Å²) in [7, 11) is 1.74. The van der Waals surface area contributed by atoms with Gasteiger partial charge in [-0.15, -0.1) is 0 Å². The number of rotatable bonds is 2. The fourth-order valence-corrected chi connectivity index (χ4v) is 1.88.